The summed E-state index contributed by atoms with van der Waals surface area (Å²) in [5.41, 5.74) is 11.4. The van der Waals surface area contributed by atoms with Gasteiger partial charge in [-0.05, 0) is 54.1 Å². The Morgan fingerprint density at radius 1 is 0.351 bits per heavy atom. The van der Waals surface area contributed by atoms with E-state index in [-0.39, 0.29) is 0 Å². The van der Waals surface area contributed by atoms with Gasteiger partial charge in [-0.3, -0.25) is 0 Å². The number of fused-ring (bicyclic) bond motifs is 10. The van der Waals surface area contributed by atoms with Gasteiger partial charge in [0.2, 0.25) is 0 Å². The van der Waals surface area contributed by atoms with Crippen LogP contribution in [0.15, 0.2) is 191 Å². The fourth-order valence-electron chi connectivity index (χ4n) is 8.50. The van der Waals surface area contributed by atoms with Crippen molar-refractivity contribution in [3.8, 4) is 51.0 Å². The summed E-state index contributed by atoms with van der Waals surface area (Å²) < 4.78 is 15.9. The zero-order chi connectivity index (χ0) is 37.5. The molecule has 6 heteroatoms. The van der Waals surface area contributed by atoms with Crippen LogP contribution in [0, 0.1) is 0 Å². The molecule has 0 unspecified atom stereocenters. The number of para-hydroxylation sites is 3. The van der Waals surface area contributed by atoms with Crippen molar-refractivity contribution >= 4 is 65.7 Å². The molecule has 0 saturated carbocycles. The first kappa shape index (κ1) is 31.5. The van der Waals surface area contributed by atoms with Gasteiger partial charge in [0, 0.05) is 54.9 Å². The quantitative estimate of drug-likeness (QED) is 0.176. The maximum absolute atomic E-state index is 6.79. The Balaban J connectivity index is 1.05. The van der Waals surface area contributed by atoms with E-state index in [0.29, 0.717) is 17.5 Å². The highest BCUT2D eigenvalue weighted by molar-refractivity contribution is 6.25. The van der Waals surface area contributed by atoms with Crippen LogP contribution in [-0.2, 0) is 0 Å². The SMILES string of the molecule is c1ccc(-c2nc(-c3ccccc3)nc(-c3cccc4oc5c(ccc6oc7c(-c8ccc9c(c8)c8ccccc8n9-c8ccccc8)cccc7c65)c34)n2)cc1. The number of benzene rings is 8. The smallest absolute Gasteiger partial charge is 0.164 e. The van der Waals surface area contributed by atoms with Gasteiger partial charge in [-0.25, -0.2) is 15.0 Å². The molecule has 0 spiro atoms. The Kier molecular flexibility index (Phi) is 6.83. The summed E-state index contributed by atoms with van der Waals surface area (Å²) in [6, 6.07) is 62.6. The van der Waals surface area contributed by atoms with Crippen LogP contribution in [0.5, 0.6) is 0 Å². The number of hydrogen-bond donors (Lipinski definition) is 0. The maximum Gasteiger partial charge on any atom is 0.164 e. The van der Waals surface area contributed by atoms with Gasteiger partial charge in [0.05, 0.1) is 16.4 Å². The minimum atomic E-state index is 0.583. The zero-order valence-electron chi connectivity index (χ0n) is 30.4. The van der Waals surface area contributed by atoms with Crippen LogP contribution < -0.4 is 0 Å². The molecule has 4 heterocycles. The average Bonchev–Trinajstić information content (AvgIpc) is 3.96. The number of rotatable bonds is 5. The van der Waals surface area contributed by atoms with Crippen molar-refractivity contribution in [2.24, 2.45) is 0 Å². The van der Waals surface area contributed by atoms with Crippen molar-refractivity contribution in [1.29, 1.82) is 0 Å². The first-order valence-electron chi connectivity index (χ1n) is 19.0. The van der Waals surface area contributed by atoms with E-state index in [9.17, 15) is 0 Å². The lowest BCUT2D eigenvalue weighted by molar-refractivity contribution is 0.663. The number of nitrogens with zero attached hydrogens (tertiary/aromatic N) is 4. The minimum Gasteiger partial charge on any atom is -0.455 e. The summed E-state index contributed by atoms with van der Waals surface area (Å²) in [5, 5.41) is 6.26. The summed E-state index contributed by atoms with van der Waals surface area (Å²) in [7, 11) is 0. The molecule has 266 valence electrons. The van der Waals surface area contributed by atoms with Crippen LogP contribution >= 0.6 is 0 Å². The Labute approximate surface area is 325 Å². The number of hydrogen-bond acceptors (Lipinski definition) is 5. The molecule has 0 fully saturated rings. The van der Waals surface area contributed by atoms with E-state index in [1.54, 1.807) is 0 Å². The Morgan fingerprint density at radius 3 is 1.70 bits per heavy atom. The van der Waals surface area contributed by atoms with Crippen LogP contribution in [-0.4, -0.2) is 19.5 Å². The molecule has 6 nitrogen and oxygen atoms in total. The summed E-state index contributed by atoms with van der Waals surface area (Å²) in [4.78, 5) is 15.0. The van der Waals surface area contributed by atoms with Crippen molar-refractivity contribution in [2.75, 3.05) is 0 Å². The van der Waals surface area contributed by atoms with Gasteiger partial charge in [0.1, 0.15) is 22.3 Å². The van der Waals surface area contributed by atoms with Gasteiger partial charge in [-0.15, -0.1) is 0 Å². The lowest BCUT2D eigenvalue weighted by Crippen LogP contribution is -2.00. The van der Waals surface area contributed by atoms with E-state index in [4.69, 9.17) is 23.8 Å². The van der Waals surface area contributed by atoms with E-state index in [1.807, 2.05) is 72.8 Å². The van der Waals surface area contributed by atoms with Crippen molar-refractivity contribution in [3.63, 3.8) is 0 Å². The van der Waals surface area contributed by atoms with E-state index in [1.165, 1.54) is 16.3 Å². The van der Waals surface area contributed by atoms with E-state index in [0.717, 1.165) is 82.9 Å². The van der Waals surface area contributed by atoms with Crippen molar-refractivity contribution in [1.82, 2.24) is 19.5 Å². The molecule has 0 saturated heterocycles. The maximum atomic E-state index is 6.79. The monoisotopic (exact) mass is 730 g/mol. The van der Waals surface area contributed by atoms with Crippen LogP contribution in [0.1, 0.15) is 0 Å². The van der Waals surface area contributed by atoms with Gasteiger partial charge >= 0.3 is 0 Å². The van der Waals surface area contributed by atoms with Crippen LogP contribution in [0.4, 0.5) is 0 Å². The van der Waals surface area contributed by atoms with Gasteiger partial charge in [-0.2, -0.15) is 0 Å². The fraction of sp³-hybridized carbons (Fsp3) is 0. The molecule has 0 aliphatic carbocycles. The van der Waals surface area contributed by atoms with Crippen molar-refractivity contribution < 1.29 is 8.83 Å². The summed E-state index contributed by atoms with van der Waals surface area (Å²) >= 11 is 0. The molecule has 0 aliphatic rings. The van der Waals surface area contributed by atoms with Gasteiger partial charge in [0.25, 0.3) is 0 Å². The highest BCUT2D eigenvalue weighted by Crippen LogP contribution is 2.45. The fourth-order valence-corrected chi connectivity index (χ4v) is 8.50. The van der Waals surface area contributed by atoms with Crippen molar-refractivity contribution in [3.05, 3.63) is 182 Å². The second-order valence-corrected chi connectivity index (χ2v) is 14.3. The number of aromatic nitrogens is 4. The molecule has 0 aliphatic heterocycles. The molecule has 4 aromatic heterocycles. The minimum absolute atomic E-state index is 0.583. The van der Waals surface area contributed by atoms with Gasteiger partial charge in [-0.1, -0.05) is 133 Å². The topological polar surface area (TPSA) is 69.9 Å². The summed E-state index contributed by atoms with van der Waals surface area (Å²) in [5.74, 6) is 1.81. The molecule has 12 aromatic rings. The molecule has 0 bridgehead atoms. The van der Waals surface area contributed by atoms with E-state index in [2.05, 4.69) is 114 Å². The predicted octanol–water partition coefficient (Wildman–Crippen LogP) is 13.4. The van der Waals surface area contributed by atoms with Crippen LogP contribution in [0.25, 0.3) is 117 Å². The highest BCUT2D eigenvalue weighted by Gasteiger charge is 2.22. The third-order valence-corrected chi connectivity index (χ3v) is 11.1. The molecule has 0 amide bonds. The molecular weight excluding hydrogens is 701 g/mol. The highest BCUT2D eigenvalue weighted by atomic mass is 16.3. The molecular formula is C51H30N4O2. The van der Waals surface area contributed by atoms with E-state index < -0.39 is 0 Å². The molecule has 0 radical (unpaired) electrons. The summed E-state index contributed by atoms with van der Waals surface area (Å²) in [6.07, 6.45) is 0. The Bertz CT molecular complexity index is 3450. The normalized spacial score (nSPS) is 11.9. The van der Waals surface area contributed by atoms with Crippen LogP contribution in [0.2, 0.25) is 0 Å². The Hall–Kier alpha value is -7.83. The van der Waals surface area contributed by atoms with E-state index >= 15 is 0 Å². The molecule has 0 N–H and O–H groups in total. The third-order valence-electron chi connectivity index (χ3n) is 11.1. The third kappa shape index (κ3) is 4.87. The molecule has 57 heavy (non-hydrogen) atoms. The largest absolute Gasteiger partial charge is 0.455 e. The Morgan fingerprint density at radius 2 is 0.930 bits per heavy atom. The molecule has 0 atom stereocenters. The first-order valence-corrected chi connectivity index (χ1v) is 19.0. The molecule has 8 aromatic carbocycles. The van der Waals surface area contributed by atoms with Crippen LogP contribution in [0.3, 0.4) is 0 Å². The standard InChI is InChI=1S/C51H30N4O2/c1-4-14-31(15-5-1)49-52-50(32-16-6-2-7-17-32)54-51(53-49)39-23-13-25-43-45(39)38-27-29-44-46(48(38)57-43)37-22-12-21-35(47(37)56-44)33-26-28-42-40(30-33)36-20-10-11-24-41(36)55(42)34-18-8-3-9-19-34/h1-30H. The predicted molar refractivity (Wildman–Crippen MR) is 230 cm³/mol. The average molecular weight is 731 g/mol. The molecule has 12 rings (SSSR count). The van der Waals surface area contributed by atoms with Gasteiger partial charge in [0.15, 0.2) is 17.5 Å². The van der Waals surface area contributed by atoms with Crippen molar-refractivity contribution in [2.45, 2.75) is 0 Å². The first-order chi connectivity index (χ1) is 28.3. The second kappa shape index (κ2) is 12.3. The summed E-state index contributed by atoms with van der Waals surface area (Å²) in [6.45, 7) is 0. The second-order valence-electron chi connectivity index (χ2n) is 14.3. The number of furan rings is 2. The zero-order valence-corrected chi connectivity index (χ0v) is 30.4. The lowest BCUT2D eigenvalue weighted by atomic mass is 9.99. The lowest BCUT2D eigenvalue weighted by Gasteiger charge is -2.09. The van der Waals surface area contributed by atoms with Gasteiger partial charge < -0.3 is 13.4 Å².